The highest BCUT2D eigenvalue weighted by Gasteiger charge is 2.21. The number of aromatic nitrogens is 1. The summed E-state index contributed by atoms with van der Waals surface area (Å²) in [6.45, 7) is 1.51. The highest BCUT2D eigenvalue weighted by molar-refractivity contribution is 7.92. The van der Waals surface area contributed by atoms with Gasteiger partial charge in [0.2, 0.25) is 10.0 Å². The van der Waals surface area contributed by atoms with Gasteiger partial charge in [-0.05, 0) is 67.1 Å². The molecule has 0 saturated heterocycles. The molecular weight excluding hydrogens is 456 g/mol. The summed E-state index contributed by atoms with van der Waals surface area (Å²) in [5.74, 6) is -2.31. The Labute approximate surface area is 189 Å². The van der Waals surface area contributed by atoms with Crippen LogP contribution in [0.25, 0.3) is 0 Å². The van der Waals surface area contributed by atoms with Gasteiger partial charge in [-0.3, -0.25) is 9.52 Å². The fraction of sp³-hybridized carbons (Fsp3) is 0.273. The Kier molecular flexibility index (Phi) is 6.07. The number of aryl methyl sites for hydroxylation is 2. The number of carbonyl (C=O) groups excluding carboxylic acids is 1. The quantitative estimate of drug-likeness (QED) is 0.530. The molecule has 1 unspecified atom stereocenters. The van der Waals surface area contributed by atoms with Crippen molar-refractivity contribution in [2.45, 2.75) is 32.2 Å². The third-order valence-corrected chi connectivity index (χ3v) is 5.77. The van der Waals surface area contributed by atoms with Crippen LogP contribution in [0, 0.1) is 11.6 Å². The number of rotatable bonds is 7. The summed E-state index contributed by atoms with van der Waals surface area (Å²) in [6.07, 6.45) is 4.91. The maximum atomic E-state index is 14.2. The highest BCUT2D eigenvalue weighted by Crippen LogP contribution is 2.29. The van der Waals surface area contributed by atoms with Crippen LogP contribution in [0.1, 0.15) is 46.6 Å². The smallest absolute Gasteiger partial charge is 0.399 e. The van der Waals surface area contributed by atoms with E-state index in [0.717, 1.165) is 43.9 Å². The maximum Gasteiger partial charge on any atom is 0.399 e. The van der Waals surface area contributed by atoms with Gasteiger partial charge in [0.05, 0.1) is 12.3 Å². The Bertz CT molecular complexity index is 1300. The molecule has 1 heterocycles. The zero-order valence-corrected chi connectivity index (χ0v) is 18.6. The number of hydrogen-bond acceptors (Lipinski definition) is 6. The van der Waals surface area contributed by atoms with Crippen LogP contribution >= 0.6 is 0 Å². The lowest BCUT2D eigenvalue weighted by Crippen LogP contribution is -2.27. The predicted molar refractivity (Wildman–Crippen MR) is 116 cm³/mol. The number of nitrogens with one attached hydrogen (secondary N) is 2. The van der Waals surface area contributed by atoms with Crippen molar-refractivity contribution >= 4 is 21.6 Å². The number of oxazole rings is 1. The van der Waals surface area contributed by atoms with E-state index in [1.807, 2.05) is 18.2 Å². The number of benzene rings is 2. The molecule has 1 aromatic heterocycles. The molecule has 0 fully saturated rings. The van der Waals surface area contributed by atoms with Crippen LogP contribution in [0.3, 0.4) is 0 Å². The number of anilines is 1. The van der Waals surface area contributed by atoms with Crippen LogP contribution in [0.5, 0.6) is 11.8 Å². The Morgan fingerprint density at radius 3 is 2.55 bits per heavy atom. The van der Waals surface area contributed by atoms with E-state index in [-0.39, 0.29) is 17.3 Å². The number of ether oxygens (including phenoxy) is 1. The van der Waals surface area contributed by atoms with Gasteiger partial charge in [0.15, 0.2) is 17.3 Å². The van der Waals surface area contributed by atoms with E-state index in [1.165, 1.54) is 18.1 Å². The van der Waals surface area contributed by atoms with Gasteiger partial charge in [0, 0.05) is 0 Å². The van der Waals surface area contributed by atoms with Gasteiger partial charge in [-0.2, -0.15) is 4.98 Å². The van der Waals surface area contributed by atoms with Crippen LogP contribution < -0.4 is 14.8 Å². The molecule has 1 amide bonds. The minimum atomic E-state index is -3.86. The fourth-order valence-electron chi connectivity index (χ4n) is 3.60. The zero-order valence-electron chi connectivity index (χ0n) is 17.8. The summed E-state index contributed by atoms with van der Waals surface area (Å²) in [5, 5.41) is 2.56. The van der Waals surface area contributed by atoms with Crippen molar-refractivity contribution in [2.24, 2.45) is 0 Å². The van der Waals surface area contributed by atoms with Gasteiger partial charge in [0.25, 0.3) is 5.91 Å². The van der Waals surface area contributed by atoms with Gasteiger partial charge in [-0.25, -0.2) is 17.2 Å². The van der Waals surface area contributed by atoms with Gasteiger partial charge in [-0.15, -0.1) is 0 Å². The minimum absolute atomic E-state index is 0.0747. The number of sulfonamides is 1. The average molecular weight is 477 g/mol. The number of hydrogen-bond donors (Lipinski definition) is 2. The average Bonchev–Trinajstić information content (AvgIpc) is 3.39. The molecule has 1 aliphatic rings. The van der Waals surface area contributed by atoms with Gasteiger partial charge >= 0.3 is 6.08 Å². The van der Waals surface area contributed by atoms with Gasteiger partial charge < -0.3 is 14.5 Å². The number of nitrogens with zero attached hydrogens (tertiary/aromatic N) is 1. The normalized spacial score (nSPS) is 13.9. The molecule has 2 aromatic carbocycles. The molecular formula is C22H21F2N3O5S. The molecule has 4 rings (SSSR count). The highest BCUT2D eigenvalue weighted by atomic mass is 32.2. The van der Waals surface area contributed by atoms with Gasteiger partial charge in [-0.1, -0.05) is 6.07 Å². The second kappa shape index (κ2) is 8.81. The van der Waals surface area contributed by atoms with E-state index in [4.69, 9.17) is 9.15 Å². The maximum absolute atomic E-state index is 14.2. The largest absolute Gasteiger partial charge is 0.416 e. The summed E-state index contributed by atoms with van der Waals surface area (Å²) in [4.78, 5) is 16.5. The van der Waals surface area contributed by atoms with Crippen LogP contribution in [-0.2, 0) is 22.9 Å². The molecule has 11 heteroatoms. The number of halogens is 2. The van der Waals surface area contributed by atoms with E-state index in [0.29, 0.717) is 5.75 Å². The fourth-order valence-corrected chi connectivity index (χ4v) is 4.17. The molecule has 0 aliphatic heterocycles. The van der Waals surface area contributed by atoms with Crippen molar-refractivity contribution in [2.75, 3.05) is 11.0 Å². The third kappa shape index (κ3) is 5.30. The molecule has 1 atom stereocenters. The molecule has 33 heavy (non-hydrogen) atoms. The second-order valence-corrected chi connectivity index (χ2v) is 9.56. The first-order chi connectivity index (χ1) is 15.6. The van der Waals surface area contributed by atoms with Crippen LogP contribution in [0.15, 0.2) is 41.0 Å². The van der Waals surface area contributed by atoms with Gasteiger partial charge in [0.1, 0.15) is 17.7 Å². The van der Waals surface area contributed by atoms with Crippen molar-refractivity contribution in [1.82, 2.24) is 10.3 Å². The van der Waals surface area contributed by atoms with E-state index in [9.17, 15) is 22.0 Å². The second-order valence-electron chi connectivity index (χ2n) is 7.81. The standard InChI is InChI=1S/C22H21F2N3O5S/c1-12(15-9-17(23)20(18(24)10-15)27-33(2,29)30)25-21(28)19-11-31-22(26-19)32-16-7-6-13-4-3-5-14(13)8-16/h6-12,27H,3-5H2,1-2H3,(H,25,28). The summed E-state index contributed by atoms with van der Waals surface area (Å²) in [5.41, 5.74) is 1.73. The van der Waals surface area contributed by atoms with Crippen molar-refractivity contribution in [3.05, 3.63) is 70.6 Å². The number of amides is 1. The predicted octanol–water partition coefficient (Wildman–Crippen LogP) is 4.10. The van der Waals surface area contributed by atoms with E-state index < -0.39 is 39.3 Å². The molecule has 8 nitrogen and oxygen atoms in total. The Morgan fingerprint density at radius 2 is 1.85 bits per heavy atom. The van der Waals surface area contributed by atoms with Crippen LogP contribution in [0.2, 0.25) is 0 Å². The number of fused-ring (bicyclic) bond motifs is 1. The lowest BCUT2D eigenvalue weighted by molar-refractivity contribution is 0.0934. The summed E-state index contributed by atoms with van der Waals surface area (Å²) < 4.78 is 63.6. The van der Waals surface area contributed by atoms with Crippen LogP contribution in [-0.4, -0.2) is 25.6 Å². The first-order valence-corrected chi connectivity index (χ1v) is 12.0. The van der Waals surface area contributed by atoms with Crippen molar-refractivity contribution < 1.29 is 31.1 Å². The molecule has 0 bridgehead atoms. The van der Waals surface area contributed by atoms with E-state index in [1.54, 1.807) is 4.72 Å². The number of carbonyl (C=O) groups is 1. The Morgan fingerprint density at radius 1 is 1.15 bits per heavy atom. The molecule has 1 aliphatic carbocycles. The monoisotopic (exact) mass is 477 g/mol. The Hall–Kier alpha value is -3.47. The summed E-state index contributed by atoms with van der Waals surface area (Å²) in [7, 11) is -3.86. The molecule has 3 aromatic rings. The first kappa shape index (κ1) is 22.7. The summed E-state index contributed by atoms with van der Waals surface area (Å²) in [6, 6.07) is 6.78. The lowest BCUT2D eigenvalue weighted by Gasteiger charge is -2.15. The molecule has 0 spiro atoms. The van der Waals surface area contributed by atoms with Crippen molar-refractivity contribution in [3.63, 3.8) is 0 Å². The first-order valence-electron chi connectivity index (χ1n) is 10.1. The minimum Gasteiger partial charge on any atom is -0.416 e. The topological polar surface area (TPSA) is 111 Å². The molecule has 0 saturated carbocycles. The lowest BCUT2D eigenvalue weighted by atomic mass is 10.1. The molecule has 2 N–H and O–H groups in total. The zero-order chi connectivity index (χ0) is 23.8. The summed E-state index contributed by atoms with van der Waals surface area (Å²) >= 11 is 0. The molecule has 174 valence electrons. The van der Waals surface area contributed by atoms with Crippen molar-refractivity contribution in [1.29, 1.82) is 0 Å². The van der Waals surface area contributed by atoms with Crippen LogP contribution in [0.4, 0.5) is 14.5 Å². The third-order valence-electron chi connectivity index (χ3n) is 5.19. The molecule has 0 radical (unpaired) electrons. The van der Waals surface area contributed by atoms with E-state index in [2.05, 4.69) is 10.3 Å². The van der Waals surface area contributed by atoms with Crippen molar-refractivity contribution in [3.8, 4) is 11.8 Å². The Balaban J connectivity index is 1.43. The SMILES string of the molecule is CC(NC(=O)c1coc(Oc2ccc3c(c2)CCC3)n1)c1cc(F)c(NS(C)(=O)=O)c(F)c1. The van der Waals surface area contributed by atoms with E-state index >= 15 is 0 Å².